The number of nitrogens with two attached hydrogens (primary N) is 1. The number of nitrogens with zero attached hydrogens (tertiary/aromatic N) is 1. The molecule has 0 amide bonds. The highest BCUT2D eigenvalue weighted by Gasteiger charge is 2.06. The van der Waals surface area contributed by atoms with E-state index in [0.717, 1.165) is 0 Å². The Hall–Kier alpha value is -1.62. The largest absolute Gasteiger partial charge is 0.438 e. The first-order chi connectivity index (χ1) is 8.06. The maximum atomic E-state index is 13.1. The van der Waals surface area contributed by atoms with E-state index in [9.17, 15) is 4.39 Å². The van der Waals surface area contributed by atoms with E-state index < -0.39 is 0 Å². The summed E-state index contributed by atoms with van der Waals surface area (Å²) >= 11 is 3.30. The van der Waals surface area contributed by atoms with Crippen LogP contribution >= 0.6 is 15.9 Å². The van der Waals surface area contributed by atoms with Crippen LogP contribution in [0.4, 0.5) is 10.1 Å². The Morgan fingerprint density at radius 3 is 2.76 bits per heavy atom. The molecule has 0 aliphatic heterocycles. The predicted molar refractivity (Wildman–Crippen MR) is 67.6 cm³/mol. The Bertz CT molecular complexity index is 560. The fourth-order valence-electron chi connectivity index (χ4n) is 1.31. The molecule has 0 bridgehead atoms. The quantitative estimate of drug-likeness (QED) is 0.920. The minimum absolute atomic E-state index is 0.262. The summed E-state index contributed by atoms with van der Waals surface area (Å²) < 4.78 is 19.2. The zero-order valence-electron chi connectivity index (χ0n) is 9.08. The summed E-state index contributed by atoms with van der Waals surface area (Å²) in [5.74, 6) is 0.661. The second-order valence-electron chi connectivity index (χ2n) is 3.57. The summed E-state index contributed by atoms with van der Waals surface area (Å²) in [6.07, 6.45) is 1.50. The molecule has 0 aliphatic carbocycles. The van der Waals surface area contributed by atoms with E-state index in [2.05, 4.69) is 20.9 Å². The summed E-state index contributed by atoms with van der Waals surface area (Å²) in [5.41, 5.74) is 6.63. The Morgan fingerprint density at radius 1 is 1.35 bits per heavy atom. The van der Waals surface area contributed by atoms with Crippen molar-refractivity contribution < 1.29 is 9.13 Å². The Labute approximate surface area is 107 Å². The predicted octanol–water partition coefficient (Wildman–Crippen LogP) is 3.67. The third kappa shape index (κ3) is 2.74. The highest BCUT2D eigenvalue weighted by Crippen LogP contribution is 2.29. The van der Waals surface area contributed by atoms with Gasteiger partial charge < -0.3 is 10.5 Å². The first kappa shape index (κ1) is 11.9. The van der Waals surface area contributed by atoms with Crippen molar-refractivity contribution in [1.82, 2.24) is 4.98 Å². The van der Waals surface area contributed by atoms with Crippen molar-refractivity contribution in [3.63, 3.8) is 0 Å². The van der Waals surface area contributed by atoms with Crippen LogP contribution in [0.25, 0.3) is 0 Å². The van der Waals surface area contributed by atoms with Crippen LogP contribution in [0, 0.1) is 12.7 Å². The molecule has 2 rings (SSSR count). The number of hydrogen-bond acceptors (Lipinski definition) is 3. The van der Waals surface area contributed by atoms with Gasteiger partial charge in [0.2, 0.25) is 5.88 Å². The van der Waals surface area contributed by atoms with Gasteiger partial charge >= 0.3 is 0 Å². The lowest BCUT2D eigenvalue weighted by Crippen LogP contribution is -1.93. The molecule has 0 unspecified atom stereocenters. The van der Waals surface area contributed by atoms with Crippen LogP contribution in [0.5, 0.6) is 11.6 Å². The number of anilines is 1. The summed E-state index contributed by atoms with van der Waals surface area (Å²) in [6, 6.07) is 6.21. The van der Waals surface area contributed by atoms with E-state index in [1.54, 1.807) is 25.1 Å². The maximum absolute atomic E-state index is 13.1. The van der Waals surface area contributed by atoms with Gasteiger partial charge in [0, 0.05) is 0 Å². The molecule has 0 radical (unpaired) electrons. The van der Waals surface area contributed by atoms with Crippen LogP contribution < -0.4 is 10.5 Å². The van der Waals surface area contributed by atoms with Gasteiger partial charge in [0.25, 0.3) is 0 Å². The number of benzene rings is 1. The second kappa shape index (κ2) is 4.71. The highest BCUT2D eigenvalue weighted by atomic mass is 79.9. The minimum atomic E-state index is -0.262. The molecule has 88 valence electrons. The van der Waals surface area contributed by atoms with Gasteiger partial charge in [-0.05, 0) is 52.7 Å². The molecule has 2 N–H and O–H groups in total. The van der Waals surface area contributed by atoms with Gasteiger partial charge in [-0.25, -0.2) is 9.37 Å². The van der Waals surface area contributed by atoms with Gasteiger partial charge in [0.05, 0.1) is 16.4 Å². The van der Waals surface area contributed by atoms with Gasteiger partial charge in [-0.3, -0.25) is 0 Å². The third-order valence-electron chi connectivity index (χ3n) is 2.17. The van der Waals surface area contributed by atoms with E-state index >= 15 is 0 Å². The molecule has 0 saturated carbocycles. The van der Waals surface area contributed by atoms with Crippen molar-refractivity contribution in [2.24, 2.45) is 0 Å². The van der Waals surface area contributed by atoms with Crippen LogP contribution in [-0.4, -0.2) is 4.98 Å². The number of rotatable bonds is 2. The summed E-state index contributed by atoms with van der Waals surface area (Å²) in [6.45, 7) is 1.67. The zero-order chi connectivity index (χ0) is 12.4. The van der Waals surface area contributed by atoms with Crippen LogP contribution in [-0.2, 0) is 0 Å². The molecule has 0 aliphatic rings. The number of halogens is 2. The summed E-state index contributed by atoms with van der Waals surface area (Å²) in [7, 11) is 0. The fraction of sp³-hybridized carbons (Fsp3) is 0.0833. The molecule has 0 spiro atoms. The molecule has 2 aromatic rings. The zero-order valence-corrected chi connectivity index (χ0v) is 10.7. The molecule has 1 aromatic heterocycles. The van der Waals surface area contributed by atoms with Crippen molar-refractivity contribution in [3.8, 4) is 11.6 Å². The Kier molecular flexibility index (Phi) is 3.28. The first-order valence-corrected chi connectivity index (χ1v) is 5.70. The van der Waals surface area contributed by atoms with Crippen LogP contribution in [0.15, 0.2) is 34.9 Å². The normalized spacial score (nSPS) is 10.3. The number of aryl methyl sites for hydroxylation is 1. The monoisotopic (exact) mass is 296 g/mol. The summed E-state index contributed by atoms with van der Waals surface area (Å²) in [4.78, 5) is 4.04. The van der Waals surface area contributed by atoms with E-state index in [1.807, 2.05) is 0 Å². The van der Waals surface area contributed by atoms with E-state index in [-0.39, 0.29) is 5.82 Å². The SMILES string of the molecule is Cc1cc(Oc2ncc(N)cc2Br)ccc1F. The van der Waals surface area contributed by atoms with Crippen molar-refractivity contribution in [2.75, 3.05) is 5.73 Å². The highest BCUT2D eigenvalue weighted by molar-refractivity contribution is 9.10. The number of pyridine rings is 1. The molecule has 1 aromatic carbocycles. The molecule has 1 heterocycles. The lowest BCUT2D eigenvalue weighted by molar-refractivity contribution is 0.457. The first-order valence-electron chi connectivity index (χ1n) is 4.91. The van der Waals surface area contributed by atoms with Crippen LogP contribution in [0.3, 0.4) is 0 Å². The van der Waals surface area contributed by atoms with Gasteiger partial charge in [-0.1, -0.05) is 0 Å². The number of nitrogen functional groups attached to an aromatic ring is 1. The van der Waals surface area contributed by atoms with Crippen LogP contribution in [0.1, 0.15) is 5.56 Å². The van der Waals surface area contributed by atoms with Gasteiger partial charge in [-0.15, -0.1) is 0 Å². The second-order valence-corrected chi connectivity index (χ2v) is 4.42. The average molecular weight is 297 g/mol. The molecule has 5 heteroatoms. The number of aromatic nitrogens is 1. The van der Waals surface area contributed by atoms with E-state index in [4.69, 9.17) is 10.5 Å². The standard InChI is InChI=1S/C12H10BrFN2O/c1-7-4-9(2-3-11(7)14)17-12-10(13)5-8(15)6-16-12/h2-6H,15H2,1H3. The van der Waals surface area contributed by atoms with E-state index in [0.29, 0.717) is 27.4 Å². The van der Waals surface area contributed by atoms with E-state index in [1.165, 1.54) is 12.3 Å². The molecular weight excluding hydrogens is 287 g/mol. The van der Waals surface area contributed by atoms with Crippen molar-refractivity contribution in [3.05, 3.63) is 46.3 Å². The maximum Gasteiger partial charge on any atom is 0.233 e. The van der Waals surface area contributed by atoms with Crippen molar-refractivity contribution >= 4 is 21.6 Å². The Balaban J connectivity index is 2.28. The molecule has 3 nitrogen and oxygen atoms in total. The number of hydrogen-bond donors (Lipinski definition) is 1. The molecule has 17 heavy (non-hydrogen) atoms. The average Bonchev–Trinajstić information content (AvgIpc) is 2.27. The molecular formula is C12H10BrFN2O. The fourth-order valence-corrected chi connectivity index (χ4v) is 1.76. The lowest BCUT2D eigenvalue weighted by Gasteiger charge is -2.07. The lowest BCUT2D eigenvalue weighted by atomic mass is 10.2. The van der Waals surface area contributed by atoms with Gasteiger partial charge in [0.15, 0.2) is 0 Å². The van der Waals surface area contributed by atoms with Crippen molar-refractivity contribution in [1.29, 1.82) is 0 Å². The molecule has 0 atom stereocenters. The summed E-state index contributed by atoms with van der Waals surface area (Å²) in [5, 5.41) is 0. The minimum Gasteiger partial charge on any atom is -0.438 e. The van der Waals surface area contributed by atoms with Crippen LogP contribution in [0.2, 0.25) is 0 Å². The third-order valence-corrected chi connectivity index (χ3v) is 2.74. The number of ether oxygens (including phenoxy) is 1. The van der Waals surface area contributed by atoms with Gasteiger partial charge in [-0.2, -0.15) is 0 Å². The van der Waals surface area contributed by atoms with Crippen molar-refractivity contribution in [2.45, 2.75) is 6.92 Å². The Morgan fingerprint density at radius 2 is 2.12 bits per heavy atom. The molecule has 0 fully saturated rings. The molecule has 0 saturated heterocycles. The topological polar surface area (TPSA) is 48.1 Å². The smallest absolute Gasteiger partial charge is 0.233 e. The van der Waals surface area contributed by atoms with Gasteiger partial charge in [0.1, 0.15) is 11.6 Å².